The van der Waals surface area contributed by atoms with Crippen molar-refractivity contribution in [3.63, 3.8) is 0 Å². The molecule has 7 nitrogen and oxygen atoms in total. The van der Waals surface area contributed by atoms with Crippen LogP contribution in [0.15, 0.2) is 42.5 Å². The first kappa shape index (κ1) is 24.8. The van der Waals surface area contributed by atoms with Gasteiger partial charge in [-0.15, -0.1) is 23.2 Å². The molecule has 0 radical (unpaired) electrons. The highest BCUT2D eigenvalue weighted by atomic mass is 35.5. The Hall–Kier alpha value is -2.32. The van der Waals surface area contributed by atoms with Crippen LogP contribution in [0.2, 0.25) is 10.0 Å². The second-order valence-corrected chi connectivity index (χ2v) is 9.99. The molecule has 11 heteroatoms. The Kier molecular flexibility index (Phi) is 7.38. The molecule has 1 saturated carbocycles. The number of fused-ring (bicyclic) bond motifs is 1. The molecule has 4 atom stereocenters. The number of halogens is 4. The minimum absolute atomic E-state index is 0.152. The monoisotopic (exact) mass is 542 g/mol. The van der Waals surface area contributed by atoms with E-state index in [1.165, 1.54) is 36.4 Å². The SMILES string of the molecule is O=C(COC(=O)c1ccc(N2C(=O)[C@H]3C[C@H](Cl)[C@@H](Cl)C[C@H]3C2=O)cc1)Nc1ccc(Cl)cc1Cl. The lowest BCUT2D eigenvalue weighted by molar-refractivity contribution is -0.122. The van der Waals surface area contributed by atoms with E-state index in [0.717, 1.165) is 4.90 Å². The summed E-state index contributed by atoms with van der Waals surface area (Å²) < 4.78 is 5.04. The number of esters is 1. The second-order valence-electron chi connectivity index (χ2n) is 8.02. The molecule has 0 aromatic heterocycles. The highest BCUT2D eigenvalue weighted by Gasteiger charge is 2.52. The highest BCUT2D eigenvalue weighted by Crippen LogP contribution is 2.43. The largest absolute Gasteiger partial charge is 0.452 e. The highest BCUT2D eigenvalue weighted by molar-refractivity contribution is 6.36. The fourth-order valence-corrected chi connectivity index (χ4v) is 5.13. The number of alkyl halides is 2. The lowest BCUT2D eigenvalue weighted by atomic mass is 9.80. The summed E-state index contributed by atoms with van der Waals surface area (Å²) in [5, 5.41) is 2.45. The van der Waals surface area contributed by atoms with Gasteiger partial charge in [-0.25, -0.2) is 4.79 Å². The molecule has 3 amide bonds. The Bertz CT molecular complexity index is 1130. The van der Waals surface area contributed by atoms with E-state index in [1.807, 2.05) is 0 Å². The van der Waals surface area contributed by atoms with Crippen molar-refractivity contribution in [1.29, 1.82) is 0 Å². The number of amides is 3. The van der Waals surface area contributed by atoms with E-state index in [-0.39, 0.29) is 33.2 Å². The van der Waals surface area contributed by atoms with Gasteiger partial charge in [-0.3, -0.25) is 19.3 Å². The van der Waals surface area contributed by atoms with Crippen molar-refractivity contribution < 1.29 is 23.9 Å². The maximum absolute atomic E-state index is 12.8. The van der Waals surface area contributed by atoms with Crippen LogP contribution in [0.1, 0.15) is 23.2 Å². The summed E-state index contributed by atoms with van der Waals surface area (Å²) in [6.07, 6.45) is 0.685. The quantitative estimate of drug-likeness (QED) is 0.329. The van der Waals surface area contributed by atoms with Crippen LogP contribution in [-0.4, -0.2) is 41.1 Å². The van der Waals surface area contributed by atoms with Crippen molar-refractivity contribution in [3.05, 3.63) is 58.1 Å². The summed E-state index contributed by atoms with van der Waals surface area (Å²) in [6.45, 7) is -0.537. The van der Waals surface area contributed by atoms with Gasteiger partial charge < -0.3 is 10.1 Å². The summed E-state index contributed by atoms with van der Waals surface area (Å²) in [4.78, 5) is 51.2. The molecule has 4 rings (SSSR count). The van der Waals surface area contributed by atoms with E-state index in [0.29, 0.717) is 29.2 Å². The van der Waals surface area contributed by atoms with E-state index >= 15 is 0 Å². The first-order chi connectivity index (χ1) is 16.2. The molecular formula is C23H18Cl4N2O5. The molecule has 1 aliphatic heterocycles. The molecule has 0 bridgehead atoms. The summed E-state index contributed by atoms with van der Waals surface area (Å²) in [5.74, 6) is -2.97. The van der Waals surface area contributed by atoms with E-state index in [4.69, 9.17) is 51.1 Å². The number of benzene rings is 2. The molecule has 1 saturated heterocycles. The molecule has 2 aromatic carbocycles. The Morgan fingerprint density at radius 3 is 2.09 bits per heavy atom. The third-order valence-corrected chi connectivity index (χ3v) is 7.45. The van der Waals surface area contributed by atoms with E-state index < -0.39 is 30.3 Å². The van der Waals surface area contributed by atoms with Gasteiger partial charge in [0.25, 0.3) is 5.91 Å². The van der Waals surface area contributed by atoms with Gasteiger partial charge in [-0.05, 0) is 55.3 Å². The number of nitrogens with one attached hydrogen (secondary N) is 1. The number of imide groups is 1. The Labute approximate surface area is 215 Å². The normalized spacial score (nSPS) is 24.1. The van der Waals surface area contributed by atoms with E-state index in [1.54, 1.807) is 6.07 Å². The van der Waals surface area contributed by atoms with Crippen LogP contribution in [-0.2, 0) is 19.1 Å². The molecule has 1 aliphatic carbocycles. The molecule has 2 aliphatic rings. The van der Waals surface area contributed by atoms with Crippen molar-refractivity contribution >= 4 is 81.5 Å². The summed E-state index contributed by atoms with van der Waals surface area (Å²) in [7, 11) is 0. The Balaban J connectivity index is 1.37. The fraction of sp³-hybridized carbons (Fsp3) is 0.304. The van der Waals surface area contributed by atoms with Gasteiger partial charge in [0.2, 0.25) is 11.8 Å². The standard InChI is InChI=1S/C23H18Cl4N2O5/c24-12-3-6-19(18(27)7-12)28-20(30)10-34-23(33)11-1-4-13(5-2-11)29-21(31)14-8-16(25)17(26)9-15(14)22(29)32/h1-7,14-17H,8-10H2,(H,28,30)/t14-,15+,16-,17-/m0/s1. The number of carbonyl (C=O) groups is 4. The van der Waals surface area contributed by atoms with Gasteiger partial charge in [-0.2, -0.15) is 0 Å². The van der Waals surface area contributed by atoms with Gasteiger partial charge in [0.05, 0.1) is 44.6 Å². The zero-order valence-corrected chi connectivity index (χ0v) is 20.5. The van der Waals surface area contributed by atoms with Gasteiger partial charge in [-0.1, -0.05) is 23.2 Å². The lowest BCUT2D eigenvalue weighted by Crippen LogP contribution is -2.34. The number of nitrogens with zero attached hydrogens (tertiary/aromatic N) is 1. The van der Waals surface area contributed by atoms with Crippen LogP contribution >= 0.6 is 46.4 Å². The summed E-state index contributed by atoms with van der Waals surface area (Å²) >= 11 is 24.2. The minimum Gasteiger partial charge on any atom is -0.452 e. The maximum Gasteiger partial charge on any atom is 0.338 e. The third-order valence-electron chi connectivity index (χ3n) is 5.81. The predicted octanol–water partition coefficient (Wildman–Crippen LogP) is 4.90. The second kappa shape index (κ2) is 10.1. The average Bonchev–Trinajstić information content (AvgIpc) is 3.04. The summed E-state index contributed by atoms with van der Waals surface area (Å²) in [6, 6.07) is 10.4. The molecule has 178 valence electrons. The van der Waals surface area contributed by atoms with Crippen LogP contribution in [0.3, 0.4) is 0 Å². The molecule has 0 spiro atoms. The number of rotatable bonds is 5. The predicted molar refractivity (Wildman–Crippen MR) is 130 cm³/mol. The summed E-state index contributed by atoms with van der Waals surface area (Å²) in [5.41, 5.74) is 0.825. The average molecular weight is 544 g/mol. The third kappa shape index (κ3) is 5.03. The smallest absolute Gasteiger partial charge is 0.338 e. The molecular weight excluding hydrogens is 526 g/mol. The van der Waals surface area contributed by atoms with Gasteiger partial charge in [0, 0.05) is 5.02 Å². The van der Waals surface area contributed by atoms with Crippen LogP contribution in [0, 0.1) is 11.8 Å². The molecule has 1 N–H and O–H groups in total. The number of hydrogen-bond donors (Lipinski definition) is 1. The first-order valence-corrected chi connectivity index (χ1v) is 12.0. The van der Waals surface area contributed by atoms with Crippen LogP contribution in [0.5, 0.6) is 0 Å². The van der Waals surface area contributed by atoms with E-state index in [2.05, 4.69) is 5.32 Å². The van der Waals surface area contributed by atoms with Crippen LogP contribution in [0.4, 0.5) is 11.4 Å². The van der Waals surface area contributed by atoms with Crippen molar-refractivity contribution in [1.82, 2.24) is 0 Å². The van der Waals surface area contributed by atoms with Crippen molar-refractivity contribution in [3.8, 4) is 0 Å². The topological polar surface area (TPSA) is 92.8 Å². The minimum atomic E-state index is -0.744. The molecule has 0 unspecified atom stereocenters. The lowest BCUT2D eigenvalue weighted by Gasteiger charge is -2.28. The van der Waals surface area contributed by atoms with Crippen LogP contribution in [0.25, 0.3) is 0 Å². The Morgan fingerprint density at radius 2 is 1.53 bits per heavy atom. The van der Waals surface area contributed by atoms with E-state index in [9.17, 15) is 19.2 Å². The number of ether oxygens (including phenoxy) is 1. The van der Waals surface area contributed by atoms with Gasteiger partial charge in [0.15, 0.2) is 6.61 Å². The molecule has 2 aromatic rings. The number of hydrogen-bond acceptors (Lipinski definition) is 5. The van der Waals surface area contributed by atoms with Gasteiger partial charge in [0.1, 0.15) is 0 Å². The van der Waals surface area contributed by atoms with Crippen molar-refractivity contribution in [2.24, 2.45) is 11.8 Å². The Morgan fingerprint density at radius 1 is 0.941 bits per heavy atom. The van der Waals surface area contributed by atoms with Gasteiger partial charge >= 0.3 is 5.97 Å². The van der Waals surface area contributed by atoms with Crippen molar-refractivity contribution in [2.75, 3.05) is 16.8 Å². The molecule has 2 fully saturated rings. The number of carbonyl (C=O) groups excluding carboxylic acids is 4. The zero-order valence-electron chi connectivity index (χ0n) is 17.5. The first-order valence-electron chi connectivity index (χ1n) is 10.3. The van der Waals surface area contributed by atoms with Crippen LogP contribution < -0.4 is 10.2 Å². The number of anilines is 2. The zero-order chi connectivity index (χ0) is 24.6. The fourth-order valence-electron chi connectivity index (χ4n) is 4.09. The molecule has 1 heterocycles. The maximum atomic E-state index is 12.8. The molecule has 34 heavy (non-hydrogen) atoms. The van der Waals surface area contributed by atoms with Crippen molar-refractivity contribution in [2.45, 2.75) is 23.6 Å².